The summed E-state index contributed by atoms with van der Waals surface area (Å²) in [6.45, 7) is 9.75. The van der Waals surface area contributed by atoms with Gasteiger partial charge in [0.25, 0.3) is 5.78 Å². The normalized spacial score (nSPS) is 16.0. The summed E-state index contributed by atoms with van der Waals surface area (Å²) >= 11 is 5.63. The van der Waals surface area contributed by atoms with E-state index in [-0.39, 0.29) is 0 Å². The van der Waals surface area contributed by atoms with Crippen LogP contribution in [0.1, 0.15) is 17.0 Å². The van der Waals surface area contributed by atoms with Crippen molar-refractivity contribution in [3.8, 4) is 5.75 Å². The predicted octanol–water partition coefficient (Wildman–Crippen LogP) is 2.66. The van der Waals surface area contributed by atoms with Crippen molar-refractivity contribution in [3.05, 3.63) is 52.1 Å². The zero-order valence-corrected chi connectivity index (χ0v) is 17.4. The summed E-state index contributed by atoms with van der Waals surface area (Å²) in [5, 5.41) is 4.63. The zero-order chi connectivity index (χ0) is 19.7. The highest BCUT2D eigenvalue weighted by atomic mass is 32.1. The lowest BCUT2D eigenvalue weighted by Gasteiger charge is -2.34. The van der Waals surface area contributed by atoms with Gasteiger partial charge in [-0.3, -0.25) is 14.2 Å². The molecular weight excluding hydrogens is 372 g/mol. The molecule has 28 heavy (non-hydrogen) atoms. The molecule has 0 spiro atoms. The number of hydrogen-bond acceptors (Lipinski definition) is 6. The second-order valence-corrected chi connectivity index (χ2v) is 7.71. The van der Waals surface area contributed by atoms with E-state index in [4.69, 9.17) is 17.0 Å². The molecule has 0 atom stereocenters. The van der Waals surface area contributed by atoms with Crippen LogP contribution >= 0.6 is 12.2 Å². The van der Waals surface area contributed by atoms with Gasteiger partial charge in [-0.1, -0.05) is 12.1 Å². The van der Waals surface area contributed by atoms with Gasteiger partial charge < -0.3 is 4.74 Å². The smallest absolute Gasteiger partial charge is 0.254 e. The summed E-state index contributed by atoms with van der Waals surface area (Å²) in [4.78, 5) is 9.39. The highest BCUT2D eigenvalue weighted by molar-refractivity contribution is 7.71. The van der Waals surface area contributed by atoms with Crippen LogP contribution in [0, 0.1) is 18.6 Å². The summed E-state index contributed by atoms with van der Waals surface area (Å²) in [5.74, 6) is 1.58. The first kappa shape index (κ1) is 19.0. The average Bonchev–Trinajstić information content (AvgIpc) is 2.99. The highest BCUT2D eigenvalue weighted by Gasteiger charge is 2.19. The maximum absolute atomic E-state index is 5.63. The molecule has 0 radical (unpaired) electrons. The van der Waals surface area contributed by atoms with Crippen molar-refractivity contribution in [1.82, 2.24) is 29.0 Å². The molecule has 4 rings (SSSR count). The summed E-state index contributed by atoms with van der Waals surface area (Å²) in [7, 11) is 1.70. The lowest BCUT2D eigenvalue weighted by atomic mass is 10.2. The molecule has 1 aromatic carbocycles. The lowest BCUT2D eigenvalue weighted by Crippen LogP contribution is -2.46. The van der Waals surface area contributed by atoms with E-state index in [9.17, 15) is 0 Å². The largest absolute Gasteiger partial charge is 0.497 e. The van der Waals surface area contributed by atoms with E-state index < -0.39 is 0 Å². The Kier molecular flexibility index (Phi) is 5.43. The van der Waals surface area contributed by atoms with Crippen LogP contribution in [-0.4, -0.2) is 62.3 Å². The first-order valence-electron chi connectivity index (χ1n) is 9.55. The third-order valence-corrected chi connectivity index (χ3v) is 5.63. The van der Waals surface area contributed by atoms with Crippen molar-refractivity contribution < 1.29 is 4.74 Å². The minimum atomic E-state index is 0.681. The summed E-state index contributed by atoms with van der Waals surface area (Å²) in [6, 6.07) is 10.4. The number of rotatable bonds is 5. The first-order valence-corrected chi connectivity index (χ1v) is 9.96. The molecule has 2 aromatic heterocycles. The molecule has 148 valence electrons. The topological polar surface area (TPSA) is 50.8 Å². The van der Waals surface area contributed by atoms with Gasteiger partial charge in [0.05, 0.1) is 13.8 Å². The Hall–Kier alpha value is -2.29. The van der Waals surface area contributed by atoms with Crippen LogP contribution in [0.25, 0.3) is 5.78 Å². The van der Waals surface area contributed by atoms with E-state index in [0.717, 1.165) is 49.9 Å². The molecule has 1 aliphatic rings. The molecule has 1 fully saturated rings. The van der Waals surface area contributed by atoms with Gasteiger partial charge in [-0.25, -0.2) is 9.67 Å². The van der Waals surface area contributed by atoms with E-state index in [0.29, 0.717) is 17.2 Å². The standard InChI is InChI=1S/C20H26N6OS/c1-15-12-16(2)26-19(21-15)22-25(20(26)28)14-24-10-8-23(9-11-24)13-17-4-6-18(27-3)7-5-17/h4-7,12H,8-11,13-14H2,1-3H3. The predicted molar refractivity (Wildman–Crippen MR) is 111 cm³/mol. The third kappa shape index (κ3) is 3.94. The molecule has 0 N–H and O–H groups in total. The number of piperazine rings is 1. The van der Waals surface area contributed by atoms with Crippen molar-refractivity contribution in [2.24, 2.45) is 0 Å². The van der Waals surface area contributed by atoms with E-state index in [2.05, 4.69) is 32.0 Å². The lowest BCUT2D eigenvalue weighted by molar-refractivity contribution is 0.0982. The van der Waals surface area contributed by atoms with E-state index in [1.54, 1.807) is 7.11 Å². The molecule has 0 aliphatic carbocycles. The van der Waals surface area contributed by atoms with Gasteiger partial charge in [-0.2, -0.15) is 0 Å². The molecule has 1 aliphatic heterocycles. The van der Waals surface area contributed by atoms with Crippen LogP contribution in [0.3, 0.4) is 0 Å². The van der Waals surface area contributed by atoms with Crippen LogP contribution in [-0.2, 0) is 13.2 Å². The Balaban J connectivity index is 1.38. The van der Waals surface area contributed by atoms with Crippen LogP contribution < -0.4 is 4.74 Å². The van der Waals surface area contributed by atoms with Crippen molar-refractivity contribution in [3.63, 3.8) is 0 Å². The highest BCUT2D eigenvalue weighted by Crippen LogP contribution is 2.15. The van der Waals surface area contributed by atoms with Gasteiger partial charge in [0, 0.05) is 44.1 Å². The Bertz CT molecular complexity index is 1020. The van der Waals surface area contributed by atoms with Crippen molar-refractivity contribution in [1.29, 1.82) is 0 Å². The second-order valence-electron chi connectivity index (χ2n) is 7.34. The molecular formula is C20H26N6OS. The minimum Gasteiger partial charge on any atom is -0.497 e. The van der Waals surface area contributed by atoms with Gasteiger partial charge in [-0.15, -0.1) is 5.10 Å². The summed E-state index contributed by atoms with van der Waals surface area (Å²) < 4.78 is 9.78. The first-order chi connectivity index (χ1) is 13.5. The minimum absolute atomic E-state index is 0.681. The fourth-order valence-corrected chi connectivity index (χ4v) is 4.02. The zero-order valence-electron chi connectivity index (χ0n) is 16.6. The SMILES string of the molecule is COc1ccc(CN2CCN(Cn3nc4nc(C)cc(C)n4c3=S)CC2)cc1. The van der Waals surface area contributed by atoms with Gasteiger partial charge >= 0.3 is 0 Å². The number of fused-ring (bicyclic) bond motifs is 1. The monoisotopic (exact) mass is 398 g/mol. The molecule has 0 amide bonds. The maximum Gasteiger partial charge on any atom is 0.254 e. The van der Waals surface area contributed by atoms with Crippen molar-refractivity contribution in [2.75, 3.05) is 33.3 Å². The van der Waals surface area contributed by atoms with Gasteiger partial charge in [0.1, 0.15) is 5.75 Å². The molecule has 0 unspecified atom stereocenters. The Morgan fingerprint density at radius 3 is 2.39 bits per heavy atom. The number of nitrogens with zero attached hydrogens (tertiary/aromatic N) is 6. The maximum atomic E-state index is 5.63. The number of aromatic nitrogens is 4. The Morgan fingerprint density at radius 1 is 1.04 bits per heavy atom. The summed E-state index contributed by atoms with van der Waals surface area (Å²) in [5.41, 5.74) is 3.35. The Labute approximate surface area is 170 Å². The quantitative estimate of drug-likeness (QED) is 0.616. The number of methoxy groups -OCH3 is 1. The third-order valence-electron chi connectivity index (χ3n) is 5.23. The van der Waals surface area contributed by atoms with Gasteiger partial charge in [0.2, 0.25) is 4.77 Å². The molecule has 8 heteroatoms. The van der Waals surface area contributed by atoms with Gasteiger partial charge in [0.15, 0.2) is 0 Å². The number of benzene rings is 1. The fourth-order valence-electron chi connectivity index (χ4n) is 3.69. The second kappa shape index (κ2) is 7.98. The number of aryl methyl sites for hydroxylation is 2. The molecule has 7 nitrogen and oxygen atoms in total. The van der Waals surface area contributed by atoms with Crippen LogP contribution in [0.2, 0.25) is 0 Å². The van der Waals surface area contributed by atoms with Crippen LogP contribution in [0.5, 0.6) is 5.75 Å². The van der Waals surface area contributed by atoms with Crippen LogP contribution in [0.15, 0.2) is 30.3 Å². The average molecular weight is 399 g/mol. The molecule has 0 saturated carbocycles. The number of hydrogen-bond donors (Lipinski definition) is 0. The molecule has 3 heterocycles. The van der Waals surface area contributed by atoms with Gasteiger partial charge in [-0.05, 0) is 49.8 Å². The molecule has 1 saturated heterocycles. The molecule has 0 bridgehead atoms. The van der Waals surface area contributed by atoms with E-state index >= 15 is 0 Å². The van der Waals surface area contributed by atoms with E-state index in [1.807, 2.05) is 41.1 Å². The molecule has 3 aromatic rings. The van der Waals surface area contributed by atoms with E-state index in [1.165, 1.54) is 5.56 Å². The fraction of sp³-hybridized carbons (Fsp3) is 0.450. The van der Waals surface area contributed by atoms with Crippen molar-refractivity contribution in [2.45, 2.75) is 27.1 Å². The summed E-state index contributed by atoms with van der Waals surface area (Å²) in [6.07, 6.45) is 0. The number of ether oxygens (including phenoxy) is 1. The Morgan fingerprint density at radius 2 is 1.71 bits per heavy atom. The van der Waals surface area contributed by atoms with Crippen LogP contribution in [0.4, 0.5) is 0 Å². The van der Waals surface area contributed by atoms with Crippen molar-refractivity contribution >= 4 is 18.0 Å².